The molecule has 1 aromatic heterocycles. The number of ether oxygens (including phenoxy) is 1. The summed E-state index contributed by atoms with van der Waals surface area (Å²) in [6.45, 7) is 9.84. The lowest BCUT2D eigenvalue weighted by Gasteiger charge is -2.40. The van der Waals surface area contributed by atoms with Gasteiger partial charge in [0.1, 0.15) is 5.58 Å². The lowest BCUT2D eigenvalue weighted by molar-refractivity contribution is -0.161. The second-order valence-electron chi connectivity index (χ2n) is 7.88. The molecule has 3 rings (SSSR count). The Morgan fingerprint density at radius 1 is 1.19 bits per heavy atom. The standard InChI is InChI=1S/C22H29NO4/c1-13-9-19-18(12-26-20(19)10-14(13)2)11-21(24)27-17(5)22(25)23-15(3)7-6-8-16(23)4/h9-10,12,15-17H,6-8,11H2,1-5H3/t15-,16-,17-/m0/s1. The number of benzene rings is 1. The van der Waals surface area contributed by atoms with Gasteiger partial charge in [-0.05, 0) is 77.1 Å². The minimum Gasteiger partial charge on any atom is -0.464 e. The molecule has 27 heavy (non-hydrogen) atoms. The van der Waals surface area contributed by atoms with E-state index in [1.165, 1.54) is 0 Å². The second-order valence-corrected chi connectivity index (χ2v) is 7.88. The van der Waals surface area contributed by atoms with Crippen molar-refractivity contribution in [2.24, 2.45) is 0 Å². The molecule has 0 radical (unpaired) electrons. The van der Waals surface area contributed by atoms with E-state index in [-0.39, 0.29) is 24.4 Å². The number of carbonyl (C=O) groups is 2. The molecule has 2 aromatic rings. The number of amides is 1. The van der Waals surface area contributed by atoms with E-state index < -0.39 is 12.1 Å². The van der Waals surface area contributed by atoms with Crippen LogP contribution in [0.5, 0.6) is 0 Å². The molecule has 1 aliphatic heterocycles. The van der Waals surface area contributed by atoms with E-state index in [0.29, 0.717) is 0 Å². The van der Waals surface area contributed by atoms with E-state index in [4.69, 9.17) is 9.15 Å². The van der Waals surface area contributed by atoms with Gasteiger partial charge in [-0.25, -0.2) is 0 Å². The molecule has 2 heterocycles. The van der Waals surface area contributed by atoms with Crippen LogP contribution in [0.2, 0.25) is 0 Å². The van der Waals surface area contributed by atoms with Gasteiger partial charge in [0.05, 0.1) is 12.7 Å². The number of rotatable bonds is 4. The highest BCUT2D eigenvalue weighted by atomic mass is 16.5. The monoisotopic (exact) mass is 371 g/mol. The molecule has 0 saturated carbocycles. The van der Waals surface area contributed by atoms with Crippen LogP contribution in [0, 0.1) is 13.8 Å². The first-order valence-electron chi connectivity index (χ1n) is 9.77. The number of furan rings is 1. The maximum atomic E-state index is 12.8. The van der Waals surface area contributed by atoms with E-state index in [2.05, 4.69) is 13.8 Å². The molecule has 0 aliphatic carbocycles. The Morgan fingerprint density at radius 2 is 1.81 bits per heavy atom. The highest BCUT2D eigenvalue weighted by molar-refractivity contribution is 5.88. The van der Waals surface area contributed by atoms with Crippen molar-refractivity contribution in [1.29, 1.82) is 0 Å². The van der Waals surface area contributed by atoms with Crippen LogP contribution in [0.15, 0.2) is 22.8 Å². The summed E-state index contributed by atoms with van der Waals surface area (Å²) >= 11 is 0. The lowest BCUT2D eigenvalue weighted by atomic mass is 9.97. The van der Waals surface area contributed by atoms with E-state index in [9.17, 15) is 9.59 Å². The number of aryl methyl sites for hydroxylation is 2. The fraction of sp³-hybridized carbons (Fsp3) is 0.545. The minimum atomic E-state index is -0.775. The van der Waals surface area contributed by atoms with Gasteiger partial charge in [0.25, 0.3) is 5.91 Å². The predicted molar refractivity (Wildman–Crippen MR) is 105 cm³/mol. The molecule has 0 N–H and O–H groups in total. The Balaban J connectivity index is 1.67. The zero-order chi connectivity index (χ0) is 19.7. The molecule has 1 saturated heterocycles. The van der Waals surface area contributed by atoms with Crippen LogP contribution in [0.25, 0.3) is 11.0 Å². The van der Waals surface area contributed by atoms with Gasteiger partial charge in [0.15, 0.2) is 6.10 Å². The van der Waals surface area contributed by atoms with Gasteiger partial charge in [-0.2, -0.15) is 0 Å². The number of hydrogen-bond donors (Lipinski definition) is 0. The van der Waals surface area contributed by atoms with Crippen molar-refractivity contribution in [3.63, 3.8) is 0 Å². The number of esters is 1. The number of piperidine rings is 1. The molecule has 0 unspecified atom stereocenters. The second kappa shape index (κ2) is 7.75. The van der Waals surface area contributed by atoms with Crippen molar-refractivity contribution in [3.8, 4) is 0 Å². The summed E-state index contributed by atoms with van der Waals surface area (Å²) in [7, 11) is 0. The summed E-state index contributed by atoms with van der Waals surface area (Å²) in [5.74, 6) is -0.513. The quantitative estimate of drug-likeness (QED) is 0.751. The third-order valence-electron chi connectivity index (χ3n) is 5.71. The third-order valence-corrected chi connectivity index (χ3v) is 5.71. The minimum absolute atomic E-state index is 0.0955. The van der Waals surface area contributed by atoms with Crippen molar-refractivity contribution in [3.05, 3.63) is 35.1 Å². The molecule has 1 aliphatic rings. The Kier molecular flexibility index (Phi) is 5.59. The van der Waals surface area contributed by atoms with Gasteiger partial charge in [-0.3, -0.25) is 9.59 Å². The summed E-state index contributed by atoms with van der Waals surface area (Å²) in [6, 6.07) is 4.38. The first-order valence-corrected chi connectivity index (χ1v) is 9.77. The summed E-state index contributed by atoms with van der Waals surface area (Å²) in [6.07, 6.45) is 4.05. The lowest BCUT2D eigenvalue weighted by Crippen LogP contribution is -2.51. The van der Waals surface area contributed by atoms with Crippen LogP contribution in [-0.4, -0.2) is 35.0 Å². The molecule has 1 aromatic carbocycles. The largest absolute Gasteiger partial charge is 0.464 e. The van der Waals surface area contributed by atoms with Crippen LogP contribution in [0.3, 0.4) is 0 Å². The molecular formula is C22H29NO4. The van der Waals surface area contributed by atoms with Crippen LogP contribution >= 0.6 is 0 Å². The van der Waals surface area contributed by atoms with Crippen LogP contribution in [0.1, 0.15) is 56.7 Å². The Labute approximate surface area is 160 Å². The normalized spacial score (nSPS) is 21.3. The maximum absolute atomic E-state index is 12.8. The predicted octanol–water partition coefficient (Wildman–Crippen LogP) is 4.31. The van der Waals surface area contributed by atoms with Crippen molar-refractivity contribution in [2.45, 2.75) is 78.5 Å². The third kappa shape index (κ3) is 4.02. The smallest absolute Gasteiger partial charge is 0.311 e. The van der Waals surface area contributed by atoms with Crippen molar-refractivity contribution in [1.82, 2.24) is 4.90 Å². The molecule has 146 valence electrons. The van der Waals surface area contributed by atoms with Crippen LogP contribution < -0.4 is 0 Å². The summed E-state index contributed by atoms with van der Waals surface area (Å²) in [5, 5.41) is 0.923. The highest BCUT2D eigenvalue weighted by Gasteiger charge is 2.33. The number of nitrogens with zero attached hydrogens (tertiary/aromatic N) is 1. The van der Waals surface area contributed by atoms with Crippen molar-refractivity contribution >= 4 is 22.8 Å². The molecule has 5 heteroatoms. The zero-order valence-corrected chi connectivity index (χ0v) is 16.9. The van der Waals surface area contributed by atoms with Gasteiger partial charge in [0.2, 0.25) is 0 Å². The maximum Gasteiger partial charge on any atom is 0.311 e. The molecule has 0 bridgehead atoms. The molecule has 1 amide bonds. The first kappa shape index (κ1) is 19.5. The number of hydrogen-bond acceptors (Lipinski definition) is 4. The average Bonchev–Trinajstić information content (AvgIpc) is 2.96. The van der Waals surface area contributed by atoms with E-state index >= 15 is 0 Å². The zero-order valence-electron chi connectivity index (χ0n) is 16.9. The Bertz CT molecular complexity index is 843. The molecular weight excluding hydrogens is 342 g/mol. The summed E-state index contributed by atoms with van der Waals surface area (Å²) in [5.41, 5.74) is 3.85. The van der Waals surface area contributed by atoms with E-state index in [1.807, 2.05) is 30.9 Å². The van der Waals surface area contributed by atoms with E-state index in [1.54, 1.807) is 13.2 Å². The van der Waals surface area contributed by atoms with Crippen molar-refractivity contribution < 1.29 is 18.7 Å². The molecule has 0 spiro atoms. The average molecular weight is 371 g/mol. The van der Waals surface area contributed by atoms with Gasteiger partial charge >= 0.3 is 5.97 Å². The number of likely N-dealkylation sites (tertiary alicyclic amines) is 1. The van der Waals surface area contributed by atoms with Gasteiger partial charge in [0, 0.05) is 23.0 Å². The number of carbonyl (C=O) groups excluding carboxylic acids is 2. The summed E-state index contributed by atoms with van der Waals surface area (Å²) in [4.78, 5) is 27.1. The van der Waals surface area contributed by atoms with Gasteiger partial charge < -0.3 is 14.1 Å². The SMILES string of the molecule is Cc1cc2occ(CC(=O)O[C@@H](C)C(=O)N3[C@@H](C)CCC[C@@H]3C)c2cc1C. The fourth-order valence-corrected chi connectivity index (χ4v) is 3.98. The van der Waals surface area contributed by atoms with Crippen LogP contribution in [-0.2, 0) is 20.7 Å². The van der Waals surface area contributed by atoms with Crippen LogP contribution in [0.4, 0.5) is 0 Å². The topological polar surface area (TPSA) is 59.8 Å². The highest BCUT2D eigenvalue weighted by Crippen LogP contribution is 2.26. The molecule has 5 nitrogen and oxygen atoms in total. The molecule has 1 fully saturated rings. The molecule has 3 atom stereocenters. The Morgan fingerprint density at radius 3 is 2.48 bits per heavy atom. The summed E-state index contributed by atoms with van der Waals surface area (Å²) < 4.78 is 11.0. The van der Waals surface area contributed by atoms with E-state index in [0.717, 1.165) is 46.9 Å². The fourth-order valence-electron chi connectivity index (χ4n) is 3.98. The van der Waals surface area contributed by atoms with Gasteiger partial charge in [-0.15, -0.1) is 0 Å². The number of fused-ring (bicyclic) bond motifs is 1. The first-order chi connectivity index (χ1) is 12.8. The Hall–Kier alpha value is -2.30. The van der Waals surface area contributed by atoms with Gasteiger partial charge in [-0.1, -0.05) is 0 Å². The van der Waals surface area contributed by atoms with Crippen molar-refractivity contribution in [2.75, 3.05) is 0 Å².